The number of amides is 1. The maximum atomic E-state index is 13.3. The number of aromatic nitrogens is 3. The lowest BCUT2D eigenvalue weighted by Gasteiger charge is -2.35. The Kier molecular flexibility index (Phi) is 6.42. The Morgan fingerprint density at radius 2 is 2.03 bits per heavy atom. The van der Waals surface area contributed by atoms with Gasteiger partial charge in [0.25, 0.3) is 0 Å². The molecule has 2 fully saturated rings. The van der Waals surface area contributed by atoms with Crippen molar-refractivity contribution < 1.29 is 4.79 Å². The molecule has 6 nitrogen and oxygen atoms in total. The molecule has 0 atom stereocenters. The van der Waals surface area contributed by atoms with Gasteiger partial charge in [-0.05, 0) is 62.2 Å². The zero-order chi connectivity index (χ0) is 21.1. The zero-order valence-electron chi connectivity index (χ0n) is 18.9. The van der Waals surface area contributed by atoms with E-state index < -0.39 is 0 Å². The fourth-order valence-corrected chi connectivity index (χ4v) is 5.42. The minimum absolute atomic E-state index is 0.0361. The van der Waals surface area contributed by atoms with E-state index in [9.17, 15) is 4.79 Å². The van der Waals surface area contributed by atoms with E-state index in [0.29, 0.717) is 24.3 Å². The van der Waals surface area contributed by atoms with Crippen LogP contribution in [0.4, 0.5) is 0 Å². The Labute approximate surface area is 180 Å². The summed E-state index contributed by atoms with van der Waals surface area (Å²) < 4.78 is 2.31. The van der Waals surface area contributed by atoms with Gasteiger partial charge < -0.3 is 14.8 Å². The number of imidazole rings is 1. The van der Waals surface area contributed by atoms with Crippen LogP contribution in [0, 0.1) is 11.3 Å². The molecule has 0 unspecified atom stereocenters. The number of hydrogen-bond donors (Lipinski definition) is 1. The molecule has 6 heteroatoms. The van der Waals surface area contributed by atoms with E-state index in [1.54, 1.807) is 0 Å². The van der Waals surface area contributed by atoms with E-state index in [1.165, 1.54) is 12.8 Å². The predicted molar refractivity (Wildman–Crippen MR) is 120 cm³/mol. The highest BCUT2D eigenvalue weighted by Gasteiger charge is 2.39. The minimum Gasteiger partial charge on any atom is -0.343 e. The monoisotopic (exact) mass is 411 g/mol. The van der Waals surface area contributed by atoms with Crippen molar-refractivity contribution in [2.75, 3.05) is 20.1 Å². The van der Waals surface area contributed by atoms with Crippen molar-refractivity contribution in [3.05, 3.63) is 24.2 Å². The van der Waals surface area contributed by atoms with E-state index in [0.717, 1.165) is 68.7 Å². The summed E-state index contributed by atoms with van der Waals surface area (Å²) in [6.07, 6.45) is 10.2. The second-order valence-electron chi connectivity index (χ2n) is 9.93. The Morgan fingerprint density at radius 1 is 1.30 bits per heavy atom. The standard InChI is InChI=1S/C24H37N5O/c1-18(2)17-29-21(27-20-7-6-12-26-23(20)29)15-24(10-4-5-11-24)16-22(30)28(3)19-8-13-25-14-9-19/h6-7,12,18-19,25H,4-5,8-11,13-17H2,1-3H3. The molecule has 0 radical (unpaired) electrons. The van der Waals surface area contributed by atoms with Crippen LogP contribution in [0.25, 0.3) is 11.2 Å². The van der Waals surface area contributed by atoms with Gasteiger partial charge in [-0.2, -0.15) is 0 Å². The normalized spacial score (nSPS) is 19.6. The lowest BCUT2D eigenvalue weighted by atomic mass is 9.78. The van der Waals surface area contributed by atoms with Crippen LogP contribution < -0.4 is 5.32 Å². The molecule has 2 aliphatic rings. The van der Waals surface area contributed by atoms with Gasteiger partial charge in [-0.1, -0.05) is 26.7 Å². The first-order valence-electron chi connectivity index (χ1n) is 11.7. The molecule has 1 N–H and O–H groups in total. The maximum absolute atomic E-state index is 13.3. The Hall–Kier alpha value is -1.95. The van der Waals surface area contributed by atoms with E-state index >= 15 is 0 Å². The summed E-state index contributed by atoms with van der Waals surface area (Å²) >= 11 is 0. The van der Waals surface area contributed by atoms with Crippen LogP contribution in [0.5, 0.6) is 0 Å². The van der Waals surface area contributed by atoms with Gasteiger partial charge in [-0.3, -0.25) is 4.79 Å². The molecule has 4 rings (SSSR count). The average molecular weight is 412 g/mol. The number of nitrogens with one attached hydrogen (secondary N) is 1. The molecule has 0 spiro atoms. The van der Waals surface area contributed by atoms with E-state index in [1.807, 2.05) is 24.2 Å². The first-order chi connectivity index (χ1) is 14.5. The zero-order valence-corrected chi connectivity index (χ0v) is 18.9. The summed E-state index contributed by atoms with van der Waals surface area (Å²) in [5.74, 6) is 1.94. The van der Waals surface area contributed by atoms with Gasteiger partial charge in [-0.25, -0.2) is 9.97 Å². The molecule has 1 saturated carbocycles. The van der Waals surface area contributed by atoms with Gasteiger partial charge in [0.15, 0.2) is 5.65 Å². The Balaban J connectivity index is 1.57. The first-order valence-corrected chi connectivity index (χ1v) is 11.7. The highest BCUT2D eigenvalue weighted by molar-refractivity contribution is 5.77. The number of carbonyl (C=O) groups is 1. The third-order valence-corrected chi connectivity index (χ3v) is 7.10. The van der Waals surface area contributed by atoms with Crippen LogP contribution in [0.15, 0.2) is 18.3 Å². The number of hydrogen-bond acceptors (Lipinski definition) is 4. The van der Waals surface area contributed by atoms with E-state index in [4.69, 9.17) is 4.98 Å². The van der Waals surface area contributed by atoms with Crippen molar-refractivity contribution in [3.8, 4) is 0 Å². The van der Waals surface area contributed by atoms with Crippen LogP contribution >= 0.6 is 0 Å². The lowest BCUT2D eigenvalue weighted by molar-refractivity contribution is -0.135. The van der Waals surface area contributed by atoms with Gasteiger partial charge >= 0.3 is 0 Å². The molecule has 0 aromatic carbocycles. The third-order valence-electron chi connectivity index (χ3n) is 7.10. The van der Waals surface area contributed by atoms with Crippen LogP contribution in [0.1, 0.15) is 64.6 Å². The number of pyridine rings is 1. The molecular weight excluding hydrogens is 374 g/mol. The number of carbonyl (C=O) groups excluding carboxylic acids is 1. The minimum atomic E-state index is 0.0361. The number of rotatable bonds is 7. The van der Waals surface area contributed by atoms with Crippen LogP contribution in [-0.2, 0) is 17.8 Å². The number of piperidine rings is 1. The van der Waals surface area contributed by atoms with Crippen molar-refractivity contribution in [2.24, 2.45) is 11.3 Å². The molecule has 164 valence electrons. The fourth-order valence-electron chi connectivity index (χ4n) is 5.42. The molecule has 1 saturated heterocycles. The SMILES string of the molecule is CC(C)Cn1c(CC2(CC(=O)N(C)C3CCNCC3)CCCC2)nc2cccnc21. The Morgan fingerprint density at radius 3 is 2.73 bits per heavy atom. The van der Waals surface area contributed by atoms with Crippen LogP contribution in [-0.4, -0.2) is 51.5 Å². The topological polar surface area (TPSA) is 63.1 Å². The van der Waals surface area contributed by atoms with Crippen molar-refractivity contribution in [1.29, 1.82) is 0 Å². The van der Waals surface area contributed by atoms with E-state index in [2.05, 4.69) is 34.8 Å². The smallest absolute Gasteiger partial charge is 0.223 e. The second kappa shape index (κ2) is 9.04. The first kappa shape index (κ1) is 21.3. The van der Waals surface area contributed by atoms with Crippen LogP contribution in [0.2, 0.25) is 0 Å². The van der Waals surface area contributed by atoms with Crippen molar-refractivity contribution in [2.45, 2.75) is 77.8 Å². The second-order valence-corrected chi connectivity index (χ2v) is 9.93. The fraction of sp³-hybridized carbons (Fsp3) is 0.708. The number of fused-ring (bicyclic) bond motifs is 1. The third kappa shape index (κ3) is 4.53. The summed E-state index contributed by atoms with van der Waals surface area (Å²) in [6, 6.07) is 4.40. The molecule has 30 heavy (non-hydrogen) atoms. The van der Waals surface area contributed by atoms with Crippen molar-refractivity contribution in [1.82, 2.24) is 24.8 Å². The largest absolute Gasteiger partial charge is 0.343 e. The molecule has 0 bridgehead atoms. The average Bonchev–Trinajstić information content (AvgIpc) is 3.33. The van der Waals surface area contributed by atoms with Crippen molar-refractivity contribution in [3.63, 3.8) is 0 Å². The van der Waals surface area contributed by atoms with Gasteiger partial charge in [0, 0.05) is 38.7 Å². The van der Waals surface area contributed by atoms with E-state index in [-0.39, 0.29) is 5.41 Å². The molecular formula is C24H37N5O. The molecule has 3 heterocycles. The molecule has 1 aliphatic heterocycles. The molecule has 2 aromatic rings. The lowest BCUT2D eigenvalue weighted by Crippen LogP contribution is -2.45. The summed E-state index contributed by atoms with van der Waals surface area (Å²) in [6.45, 7) is 7.42. The number of nitrogens with zero attached hydrogens (tertiary/aromatic N) is 4. The molecule has 2 aromatic heterocycles. The van der Waals surface area contributed by atoms with Crippen LogP contribution in [0.3, 0.4) is 0 Å². The highest BCUT2D eigenvalue weighted by atomic mass is 16.2. The summed E-state index contributed by atoms with van der Waals surface area (Å²) in [4.78, 5) is 24.9. The van der Waals surface area contributed by atoms with Gasteiger partial charge in [-0.15, -0.1) is 0 Å². The summed E-state index contributed by atoms with van der Waals surface area (Å²) in [5.41, 5.74) is 1.99. The molecule has 1 amide bonds. The molecule has 1 aliphatic carbocycles. The van der Waals surface area contributed by atoms with Crippen molar-refractivity contribution >= 4 is 17.1 Å². The quantitative estimate of drug-likeness (QED) is 0.753. The summed E-state index contributed by atoms with van der Waals surface area (Å²) in [5, 5.41) is 3.40. The highest BCUT2D eigenvalue weighted by Crippen LogP contribution is 2.44. The Bertz CT molecular complexity index is 862. The summed E-state index contributed by atoms with van der Waals surface area (Å²) in [7, 11) is 2.01. The maximum Gasteiger partial charge on any atom is 0.223 e. The predicted octanol–water partition coefficient (Wildman–Crippen LogP) is 3.79. The van der Waals surface area contributed by atoms with Gasteiger partial charge in [0.1, 0.15) is 11.3 Å². The van der Waals surface area contributed by atoms with Gasteiger partial charge in [0.05, 0.1) is 0 Å². The van der Waals surface area contributed by atoms with Gasteiger partial charge in [0.2, 0.25) is 5.91 Å².